The van der Waals surface area contributed by atoms with Crippen molar-refractivity contribution in [3.8, 4) is 12.3 Å². The number of carbonyl (C=O) groups is 1. The van der Waals surface area contributed by atoms with E-state index >= 15 is 0 Å². The zero-order valence-electron chi connectivity index (χ0n) is 9.53. The van der Waals surface area contributed by atoms with Crippen LogP contribution in [0.3, 0.4) is 0 Å². The predicted molar refractivity (Wildman–Crippen MR) is 64.2 cm³/mol. The molecule has 0 atom stereocenters. The minimum Gasteiger partial charge on any atom is -0.381 e. The molecular weight excluding hydrogens is 200 g/mol. The second-order valence-electron chi connectivity index (χ2n) is 3.66. The Morgan fingerprint density at radius 1 is 1.44 bits per heavy atom. The molecule has 1 rings (SSSR count). The van der Waals surface area contributed by atoms with E-state index in [0.29, 0.717) is 19.6 Å². The van der Waals surface area contributed by atoms with E-state index in [1.54, 1.807) is 6.92 Å². The molecule has 0 saturated heterocycles. The summed E-state index contributed by atoms with van der Waals surface area (Å²) in [6.07, 6.45) is 6.63. The number of benzene rings is 1. The van der Waals surface area contributed by atoms with Crippen molar-refractivity contribution in [2.75, 3.05) is 13.2 Å². The van der Waals surface area contributed by atoms with Gasteiger partial charge in [0, 0.05) is 12.0 Å². The van der Waals surface area contributed by atoms with Crippen LogP contribution in [0.25, 0.3) is 0 Å². The van der Waals surface area contributed by atoms with E-state index in [-0.39, 0.29) is 5.78 Å². The van der Waals surface area contributed by atoms with Crippen molar-refractivity contribution in [1.82, 2.24) is 0 Å². The Kier molecular flexibility index (Phi) is 5.31. The van der Waals surface area contributed by atoms with E-state index in [1.807, 2.05) is 24.3 Å². The lowest BCUT2D eigenvalue weighted by molar-refractivity contribution is -0.118. The molecule has 0 aliphatic heterocycles. The van der Waals surface area contributed by atoms with Crippen molar-refractivity contribution < 1.29 is 9.53 Å². The van der Waals surface area contributed by atoms with Crippen molar-refractivity contribution in [2.24, 2.45) is 0 Å². The molecule has 0 radical (unpaired) electrons. The summed E-state index contributed by atoms with van der Waals surface area (Å²) in [5.74, 6) is 2.76. The molecule has 0 fully saturated rings. The number of Topliss-reactive ketones (excluding diaryl/α,β-unsaturated/α-hetero) is 1. The van der Waals surface area contributed by atoms with Crippen LogP contribution < -0.4 is 0 Å². The summed E-state index contributed by atoms with van der Waals surface area (Å²) in [4.78, 5) is 10.7. The number of hydrogen-bond donors (Lipinski definition) is 0. The van der Waals surface area contributed by atoms with Gasteiger partial charge in [0.15, 0.2) is 0 Å². The van der Waals surface area contributed by atoms with Crippen LogP contribution in [-0.4, -0.2) is 19.0 Å². The van der Waals surface area contributed by atoms with E-state index in [9.17, 15) is 4.79 Å². The standard InChI is InChI=1S/C14H16O2/c1-3-13-5-4-6-14(11-13)8-10-16-9-7-12(2)15/h1,4-6,11H,7-10H2,2H3. The third kappa shape index (κ3) is 4.77. The first-order chi connectivity index (χ1) is 7.72. The first-order valence-electron chi connectivity index (χ1n) is 5.35. The largest absolute Gasteiger partial charge is 0.381 e. The van der Waals surface area contributed by atoms with Gasteiger partial charge in [-0.05, 0) is 31.0 Å². The average Bonchev–Trinajstić information content (AvgIpc) is 2.28. The molecule has 0 aliphatic carbocycles. The molecule has 0 aliphatic rings. The van der Waals surface area contributed by atoms with Crippen molar-refractivity contribution in [3.63, 3.8) is 0 Å². The minimum atomic E-state index is 0.161. The molecule has 0 spiro atoms. The maximum atomic E-state index is 10.7. The van der Waals surface area contributed by atoms with Gasteiger partial charge in [0.1, 0.15) is 5.78 Å². The Morgan fingerprint density at radius 3 is 2.94 bits per heavy atom. The molecule has 2 nitrogen and oxygen atoms in total. The van der Waals surface area contributed by atoms with Crippen LogP contribution in [0.2, 0.25) is 0 Å². The molecule has 1 aromatic carbocycles. The first-order valence-corrected chi connectivity index (χ1v) is 5.35. The quantitative estimate of drug-likeness (QED) is 0.538. The van der Waals surface area contributed by atoms with Gasteiger partial charge in [-0.3, -0.25) is 4.79 Å². The highest BCUT2D eigenvalue weighted by atomic mass is 16.5. The zero-order chi connectivity index (χ0) is 11.8. The fourth-order valence-corrected chi connectivity index (χ4v) is 1.32. The smallest absolute Gasteiger partial charge is 0.132 e. The number of terminal acetylenes is 1. The minimum absolute atomic E-state index is 0.161. The molecule has 84 valence electrons. The second-order valence-corrected chi connectivity index (χ2v) is 3.66. The summed E-state index contributed by atoms with van der Waals surface area (Å²) in [6.45, 7) is 2.70. The fourth-order valence-electron chi connectivity index (χ4n) is 1.32. The molecule has 0 N–H and O–H groups in total. The van der Waals surface area contributed by atoms with Crippen LogP contribution >= 0.6 is 0 Å². The second kappa shape index (κ2) is 6.81. The maximum absolute atomic E-state index is 10.7. The number of rotatable bonds is 6. The van der Waals surface area contributed by atoms with Crippen LogP contribution in [0.15, 0.2) is 24.3 Å². The topological polar surface area (TPSA) is 26.3 Å². The molecule has 0 bridgehead atoms. The van der Waals surface area contributed by atoms with Crippen LogP contribution in [0.1, 0.15) is 24.5 Å². The molecule has 0 unspecified atom stereocenters. The van der Waals surface area contributed by atoms with Gasteiger partial charge in [0.2, 0.25) is 0 Å². The lowest BCUT2D eigenvalue weighted by Crippen LogP contribution is -2.03. The highest BCUT2D eigenvalue weighted by Gasteiger charge is 1.96. The van der Waals surface area contributed by atoms with Crippen molar-refractivity contribution in [3.05, 3.63) is 35.4 Å². The van der Waals surface area contributed by atoms with Gasteiger partial charge in [-0.25, -0.2) is 0 Å². The van der Waals surface area contributed by atoms with Crippen LogP contribution in [0.5, 0.6) is 0 Å². The van der Waals surface area contributed by atoms with Gasteiger partial charge in [-0.15, -0.1) is 6.42 Å². The van der Waals surface area contributed by atoms with Crippen LogP contribution in [-0.2, 0) is 16.0 Å². The summed E-state index contributed by atoms with van der Waals surface area (Å²) in [6, 6.07) is 7.85. The lowest BCUT2D eigenvalue weighted by Gasteiger charge is -2.03. The highest BCUT2D eigenvalue weighted by molar-refractivity contribution is 5.75. The molecule has 0 aromatic heterocycles. The van der Waals surface area contributed by atoms with Crippen molar-refractivity contribution in [1.29, 1.82) is 0 Å². The van der Waals surface area contributed by atoms with Gasteiger partial charge < -0.3 is 4.74 Å². The maximum Gasteiger partial charge on any atom is 0.132 e. The summed E-state index contributed by atoms with van der Waals surface area (Å²) < 4.78 is 5.35. The average molecular weight is 216 g/mol. The lowest BCUT2D eigenvalue weighted by atomic mass is 10.1. The Balaban J connectivity index is 2.27. The van der Waals surface area contributed by atoms with Crippen molar-refractivity contribution >= 4 is 5.78 Å². The summed E-state index contributed by atoms with van der Waals surface area (Å²) >= 11 is 0. The Labute approximate surface area is 96.6 Å². The molecule has 0 heterocycles. The summed E-state index contributed by atoms with van der Waals surface area (Å²) in [5, 5.41) is 0. The Bertz CT molecular complexity index is 388. The van der Waals surface area contributed by atoms with Crippen LogP contribution in [0, 0.1) is 12.3 Å². The van der Waals surface area contributed by atoms with E-state index < -0.39 is 0 Å². The van der Waals surface area contributed by atoms with E-state index in [4.69, 9.17) is 11.2 Å². The molecular formula is C14H16O2. The Hall–Kier alpha value is -1.59. The molecule has 0 saturated carbocycles. The molecule has 2 heteroatoms. The van der Waals surface area contributed by atoms with Crippen molar-refractivity contribution in [2.45, 2.75) is 19.8 Å². The van der Waals surface area contributed by atoms with Gasteiger partial charge in [-0.2, -0.15) is 0 Å². The van der Waals surface area contributed by atoms with Gasteiger partial charge in [0.25, 0.3) is 0 Å². The number of ketones is 1. The summed E-state index contributed by atoms with van der Waals surface area (Å²) in [7, 11) is 0. The molecule has 16 heavy (non-hydrogen) atoms. The van der Waals surface area contributed by atoms with E-state index in [1.165, 1.54) is 5.56 Å². The van der Waals surface area contributed by atoms with Gasteiger partial charge in [0.05, 0.1) is 13.2 Å². The third-order valence-electron chi connectivity index (χ3n) is 2.23. The SMILES string of the molecule is C#Cc1cccc(CCOCCC(C)=O)c1. The highest BCUT2D eigenvalue weighted by Crippen LogP contribution is 2.05. The van der Waals surface area contributed by atoms with E-state index in [2.05, 4.69) is 5.92 Å². The third-order valence-corrected chi connectivity index (χ3v) is 2.23. The Morgan fingerprint density at radius 2 is 2.25 bits per heavy atom. The monoisotopic (exact) mass is 216 g/mol. The predicted octanol–water partition coefficient (Wildman–Crippen LogP) is 2.21. The normalized spacial score (nSPS) is 9.75. The van der Waals surface area contributed by atoms with Crippen LogP contribution in [0.4, 0.5) is 0 Å². The summed E-state index contributed by atoms with van der Waals surface area (Å²) in [5.41, 5.74) is 2.06. The molecule has 0 amide bonds. The number of carbonyl (C=O) groups excluding carboxylic acids is 1. The van der Waals surface area contributed by atoms with Gasteiger partial charge in [-0.1, -0.05) is 18.1 Å². The fraction of sp³-hybridized carbons (Fsp3) is 0.357. The first kappa shape index (κ1) is 12.5. The number of hydrogen-bond acceptors (Lipinski definition) is 2. The zero-order valence-corrected chi connectivity index (χ0v) is 9.53. The van der Waals surface area contributed by atoms with E-state index in [0.717, 1.165) is 12.0 Å². The number of ether oxygens (including phenoxy) is 1. The van der Waals surface area contributed by atoms with Gasteiger partial charge >= 0.3 is 0 Å². The molecule has 1 aromatic rings.